The van der Waals surface area contributed by atoms with Gasteiger partial charge in [-0.2, -0.15) is 10.1 Å². The Hall–Kier alpha value is -4.01. The summed E-state index contributed by atoms with van der Waals surface area (Å²) in [5.74, 6) is -1.12. The van der Waals surface area contributed by atoms with E-state index in [2.05, 4.69) is 40.6 Å². The molecule has 0 saturated heterocycles. The van der Waals surface area contributed by atoms with E-state index in [1.807, 2.05) is 36.4 Å². The summed E-state index contributed by atoms with van der Waals surface area (Å²) >= 11 is 7.37. The molecule has 9 heteroatoms. The minimum absolute atomic E-state index is 0.0609. The van der Waals surface area contributed by atoms with E-state index in [-0.39, 0.29) is 24.3 Å². The van der Waals surface area contributed by atoms with Crippen LogP contribution in [0.4, 0.5) is 10.1 Å². The van der Waals surface area contributed by atoms with Gasteiger partial charge in [0, 0.05) is 23.6 Å². The van der Waals surface area contributed by atoms with Gasteiger partial charge in [0.1, 0.15) is 11.1 Å². The van der Waals surface area contributed by atoms with Crippen LogP contribution in [-0.4, -0.2) is 33.0 Å². The summed E-state index contributed by atoms with van der Waals surface area (Å²) < 4.78 is 13.2. The zero-order chi connectivity index (χ0) is 26.9. The molecule has 2 amide bonds. The highest BCUT2D eigenvalue weighted by atomic mass is 35.5. The third kappa shape index (κ3) is 5.44. The highest BCUT2D eigenvalue weighted by Crippen LogP contribution is 2.39. The lowest BCUT2D eigenvalue weighted by atomic mass is 9.97. The van der Waals surface area contributed by atoms with Crippen molar-refractivity contribution in [2.45, 2.75) is 24.1 Å². The predicted octanol–water partition coefficient (Wildman–Crippen LogP) is 6.81. The molecule has 1 N–H and O–H groups in total. The van der Waals surface area contributed by atoms with Crippen molar-refractivity contribution in [3.8, 4) is 0 Å². The summed E-state index contributed by atoms with van der Waals surface area (Å²) in [6, 6.07) is 27.3. The van der Waals surface area contributed by atoms with E-state index < -0.39 is 11.1 Å². The molecule has 0 saturated carbocycles. The third-order valence-corrected chi connectivity index (χ3v) is 8.07. The van der Waals surface area contributed by atoms with Gasteiger partial charge in [-0.15, -0.1) is 0 Å². The second-order valence-corrected chi connectivity index (χ2v) is 10.9. The van der Waals surface area contributed by atoms with Crippen LogP contribution in [0.2, 0.25) is 5.02 Å². The van der Waals surface area contributed by atoms with E-state index in [4.69, 9.17) is 16.7 Å². The molecule has 4 aromatic carbocycles. The summed E-state index contributed by atoms with van der Waals surface area (Å²) in [4.78, 5) is 29.7. The molecule has 0 aromatic heterocycles. The lowest BCUT2D eigenvalue weighted by molar-refractivity contribution is -0.121. The zero-order valence-electron chi connectivity index (χ0n) is 20.6. The van der Waals surface area contributed by atoms with Gasteiger partial charge in [-0.25, -0.2) is 9.40 Å². The van der Waals surface area contributed by atoms with Gasteiger partial charge in [-0.3, -0.25) is 9.59 Å². The van der Waals surface area contributed by atoms with Crippen LogP contribution in [0, 0.1) is 5.82 Å². The largest absolute Gasteiger partial charge is 0.326 e. The average Bonchev–Trinajstić information content (AvgIpc) is 3.54. The van der Waals surface area contributed by atoms with Gasteiger partial charge in [0.15, 0.2) is 5.17 Å². The molecule has 0 bridgehead atoms. The number of aliphatic imine (C=N–C) groups is 1. The Bertz CT molecular complexity index is 1640. The molecule has 6 nitrogen and oxygen atoms in total. The van der Waals surface area contributed by atoms with Crippen molar-refractivity contribution in [3.05, 3.63) is 113 Å². The zero-order valence-corrected chi connectivity index (χ0v) is 22.1. The molecular formula is C30H22ClFN4O2S. The van der Waals surface area contributed by atoms with E-state index >= 15 is 0 Å². The second kappa shape index (κ2) is 10.6. The molecule has 0 radical (unpaired) electrons. The van der Waals surface area contributed by atoms with Crippen LogP contribution in [0.25, 0.3) is 10.8 Å². The van der Waals surface area contributed by atoms with Crippen LogP contribution < -0.4 is 5.32 Å². The number of halogens is 2. The van der Waals surface area contributed by atoms with E-state index in [1.54, 1.807) is 5.01 Å². The van der Waals surface area contributed by atoms with Gasteiger partial charge in [0.2, 0.25) is 5.91 Å². The maximum Gasteiger partial charge on any atom is 0.262 e. The Kier molecular flexibility index (Phi) is 6.89. The number of thioether (sulfide) groups is 1. The fourth-order valence-electron chi connectivity index (χ4n) is 4.69. The minimum Gasteiger partial charge on any atom is -0.326 e. The van der Waals surface area contributed by atoms with Crippen molar-refractivity contribution in [1.82, 2.24) is 5.01 Å². The fraction of sp³-hybridized carbons (Fsp3) is 0.133. The highest BCUT2D eigenvalue weighted by Gasteiger charge is 2.39. The Morgan fingerprint density at radius 2 is 1.74 bits per heavy atom. The summed E-state index contributed by atoms with van der Waals surface area (Å²) in [6.07, 6.45) is 0.554. The van der Waals surface area contributed by atoms with Crippen LogP contribution >= 0.6 is 23.4 Å². The first-order valence-corrected chi connectivity index (χ1v) is 13.6. The number of hydrogen-bond acceptors (Lipinski definition) is 5. The number of nitrogens with zero attached hydrogens (tertiary/aromatic N) is 3. The van der Waals surface area contributed by atoms with Crippen LogP contribution in [0.15, 0.2) is 101 Å². The van der Waals surface area contributed by atoms with Crippen LogP contribution in [0.1, 0.15) is 30.0 Å². The van der Waals surface area contributed by atoms with Crippen molar-refractivity contribution < 1.29 is 14.0 Å². The summed E-state index contributed by atoms with van der Waals surface area (Å²) in [6.45, 7) is 0. The van der Waals surface area contributed by atoms with Crippen molar-refractivity contribution in [1.29, 1.82) is 0 Å². The van der Waals surface area contributed by atoms with Crippen molar-refractivity contribution >= 4 is 62.5 Å². The number of rotatable bonds is 5. The first kappa shape index (κ1) is 25.3. The standard InChI is InChI=1S/C30H22ClFN4O2S/c31-22-9-7-19(8-10-22)26-16-25(21-6-5-18-3-1-2-4-20(18)15-21)35-36(26)30-34-29(38)27(39-30)17-28(37)33-24-13-11-23(32)12-14-24/h1-15,26-27H,16-17H2,(H,33,37). The SMILES string of the molecule is O=C(CC1SC(N2N=C(c3ccc4ccccc4c3)CC2c2ccc(Cl)cc2)=NC1=O)Nc1ccc(F)cc1. The van der Waals surface area contributed by atoms with Crippen LogP contribution in [0.5, 0.6) is 0 Å². The molecule has 0 spiro atoms. The quantitative estimate of drug-likeness (QED) is 0.293. The Morgan fingerprint density at radius 3 is 2.51 bits per heavy atom. The monoisotopic (exact) mass is 556 g/mol. The number of anilines is 1. The molecule has 194 valence electrons. The first-order valence-electron chi connectivity index (χ1n) is 12.4. The molecule has 0 fully saturated rings. The first-order chi connectivity index (χ1) is 18.9. The van der Waals surface area contributed by atoms with Crippen molar-refractivity contribution in [2.75, 3.05) is 5.32 Å². The maximum absolute atomic E-state index is 13.2. The predicted molar refractivity (Wildman–Crippen MR) is 155 cm³/mol. The van der Waals surface area contributed by atoms with Crippen molar-refractivity contribution in [2.24, 2.45) is 10.1 Å². The third-order valence-electron chi connectivity index (χ3n) is 6.67. The number of hydrogen-bond donors (Lipinski definition) is 1. The number of fused-ring (bicyclic) bond motifs is 1. The van der Waals surface area contributed by atoms with Gasteiger partial charge in [0.25, 0.3) is 5.91 Å². The summed E-state index contributed by atoms with van der Waals surface area (Å²) in [7, 11) is 0. The molecular weight excluding hydrogens is 535 g/mol. The van der Waals surface area contributed by atoms with Crippen molar-refractivity contribution in [3.63, 3.8) is 0 Å². The van der Waals surface area contributed by atoms with Gasteiger partial charge in [-0.05, 0) is 64.4 Å². The molecule has 2 aliphatic heterocycles. The van der Waals surface area contributed by atoms with Gasteiger partial charge < -0.3 is 5.32 Å². The lowest BCUT2D eigenvalue weighted by Gasteiger charge is -2.23. The fourth-order valence-corrected chi connectivity index (χ4v) is 5.88. The number of hydrazone groups is 1. The smallest absolute Gasteiger partial charge is 0.262 e. The number of carbonyl (C=O) groups excluding carboxylic acids is 2. The van der Waals surface area contributed by atoms with Gasteiger partial charge in [-0.1, -0.05) is 71.9 Å². The molecule has 2 aliphatic rings. The van der Waals surface area contributed by atoms with Crippen LogP contribution in [0.3, 0.4) is 0 Å². The molecule has 2 atom stereocenters. The number of amides is 2. The average molecular weight is 557 g/mol. The molecule has 0 aliphatic carbocycles. The Balaban J connectivity index is 1.24. The van der Waals surface area contributed by atoms with Crippen LogP contribution in [-0.2, 0) is 9.59 Å². The molecule has 6 rings (SSSR count). The number of carbonyl (C=O) groups is 2. The van der Waals surface area contributed by atoms with E-state index in [1.165, 1.54) is 36.0 Å². The molecule has 39 heavy (non-hydrogen) atoms. The Labute approximate surface area is 233 Å². The molecule has 2 heterocycles. The number of amidine groups is 1. The molecule has 2 unspecified atom stereocenters. The van der Waals surface area contributed by atoms with Gasteiger partial charge >= 0.3 is 0 Å². The van der Waals surface area contributed by atoms with E-state index in [9.17, 15) is 14.0 Å². The topological polar surface area (TPSA) is 74.1 Å². The number of benzene rings is 4. The van der Waals surface area contributed by atoms with E-state index in [0.29, 0.717) is 22.3 Å². The maximum atomic E-state index is 13.2. The van der Waals surface area contributed by atoms with Gasteiger partial charge in [0.05, 0.1) is 11.8 Å². The lowest BCUT2D eigenvalue weighted by Crippen LogP contribution is -2.25. The van der Waals surface area contributed by atoms with E-state index in [0.717, 1.165) is 27.6 Å². The normalized spacial score (nSPS) is 18.8. The number of nitrogens with one attached hydrogen (secondary N) is 1. The summed E-state index contributed by atoms with van der Waals surface area (Å²) in [5, 5.41) is 12.1. The summed E-state index contributed by atoms with van der Waals surface area (Å²) in [5.41, 5.74) is 3.34. The highest BCUT2D eigenvalue weighted by molar-refractivity contribution is 8.15. The minimum atomic E-state index is -0.675. The molecule has 4 aromatic rings. The second-order valence-electron chi connectivity index (χ2n) is 9.32. The Morgan fingerprint density at radius 1 is 1.00 bits per heavy atom.